The maximum atomic E-state index is 12.3. The van der Waals surface area contributed by atoms with E-state index in [2.05, 4.69) is 9.88 Å². The Balaban J connectivity index is 1.67. The molecule has 4 rings (SSSR count). The third-order valence-corrected chi connectivity index (χ3v) is 5.54. The van der Waals surface area contributed by atoms with E-state index in [4.69, 9.17) is 16.7 Å². The predicted octanol–water partition coefficient (Wildman–Crippen LogP) is 1.56. The van der Waals surface area contributed by atoms with Gasteiger partial charge in [-0.15, -0.1) is 0 Å². The van der Waals surface area contributed by atoms with Gasteiger partial charge < -0.3 is 4.90 Å². The second-order valence-corrected chi connectivity index (χ2v) is 8.17. The number of primary sulfonamides is 1. The molecule has 0 unspecified atom stereocenters. The smallest absolute Gasteiger partial charge is 0.258 e. The van der Waals surface area contributed by atoms with E-state index < -0.39 is 10.0 Å². The Morgan fingerprint density at radius 2 is 2.00 bits per heavy atom. The highest BCUT2D eigenvalue weighted by Crippen LogP contribution is 2.30. The lowest BCUT2D eigenvalue weighted by atomic mass is 10.2. The molecule has 0 radical (unpaired) electrons. The maximum absolute atomic E-state index is 12.3. The van der Waals surface area contributed by atoms with Gasteiger partial charge >= 0.3 is 0 Å². The highest BCUT2D eigenvalue weighted by molar-refractivity contribution is 7.89. The Morgan fingerprint density at radius 1 is 1.19 bits per heavy atom. The van der Waals surface area contributed by atoms with Crippen LogP contribution < -0.4 is 15.6 Å². The van der Waals surface area contributed by atoms with Gasteiger partial charge in [0.1, 0.15) is 5.65 Å². The van der Waals surface area contributed by atoms with E-state index in [-0.39, 0.29) is 10.5 Å². The molecule has 26 heavy (non-hydrogen) atoms. The van der Waals surface area contributed by atoms with Crippen molar-refractivity contribution in [3.63, 3.8) is 0 Å². The number of fused-ring (bicyclic) bond motifs is 2. The van der Waals surface area contributed by atoms with Crippen LogP contribution in [0, 0.1) is 0 Å². The molecule has 3 aromatic rings. The van der Waals surface area contributed by atoms with E-state index in [0.717, 1.165) is 11.3 Å². The van der Waals surface area contributed by atoms with E-state index in [1.807, 2.05) is 0 Å². The zero-order valence-electron chi connectivity index (χ0n) is 13.6. The van der Waals surface area contributed by atoms with Gasteiger partial charge in [-0.2, -0.15) is 0 Å². The van der Waals surface area contributed by atoms with Gasteiger partial charge in [-0.05, 0) is 42.3 Å². The van der Waals surface area contributed by atoms with E-state index >= 15 is 0 Å². The zero-order valence-corrected chi connectivity index (χ0v) is 15.2. The van der Waals surface area contributed by atoms with Crippen molar-refractivity contribution >= 4 is 33.0 Å². The van der Waals surface area contributed by atoms with E-state index in [9.17, 15) is 13.2 Å². The largest absolute Gasteiger partial charge is 0.365 e. The van der Waals surface area contributed by atoms with E-state index in [0.29, 0.717) is 35.9 Å². The van der Waals surface area contributed by atoms with Crippen molar-refractivity contribution in [3.8, 4) is 0 Å². The third-order valence-electron chi connectivity index (χ3n) is 4.40. The van der Waals surface area contributed by atoms with Crippen LogP contribution in [0.4, 0.5) is 5.69 Å². The second-order valence-electron chi connectivity index (χ2n) is 6.17. The Labute approximate surface area is 154 Å². The molecule has 0 saturated heterocycles. The van der Waals surface area contributed by atoms with Crippen molar-refractivity contribution < 1.29 is 8.42 Å². The van der Waals surface area contributed by atoms with Crippen LogP contribution in [0.1, 0.15) is 11.3 Å². The maximum Gasteiger partial charge on any atom is 0.258 e. The summed E-state index contributed by atoms with van der Waals surface area (Å²) in [4.78, 5) is 19.0. The number of nitrogens with zero attached hydrogens (tertiary/aromatic N) is 3. The Morgan fingerprint density at radius 3 is 2.77 bits per heavy atom. The van der Waals surface area contributed by atoms with Crippen LogP contribution in [0.5, 0.6) is 0 Å². The molecule has 0 amide bonds. The molecule has 9 heteroatoms. The van der Waals surface area contributed by atoms with Gasteiger partial charge in [0.05, 0.1) is 22.2 Å². The summed E-state index contributed by atoms with van der Waals surface area (Å²) in [7, 11) is -3.72. The molecule has 1 aromatic carbocycles. The van der Waals surface area contributed by atoms with E-state index in [1.165, 1.54) is 22.7 Å². The number of aromatic nitrogens is 2. The first-order valence-electron chi connectivity index (χ1n) is 7.90. The molecule has 0 saturated carbocycles. The summed E-state index contributed by atoms with van der Waals surface area (Å²) in [5, 5.41) is 5.66. The summed E-state index contributed by atoms with van der Waals surface area (Å²) in [6, 6.07) is 9.72. The summed E-state index contributed by atoms with van der Waals surface area (Å²) < 4.78 is 24.4. The number of halogens is 1. The van der Waals surface area contributed by atoms with Crippen LogP contribution in [0.3, 0.4) is 0 Å². The van der Waals surface area contributed by atoms with Crippen molar-refractivity contribution in [1.82, 2.24) is 9.38 Å². The fourth-order valence-corrected chi connectivity index (χ4v) is 3.92. The number of benzene rings is 1. The van der Waals surface area contributed by atoms with Crippen molar-refractivity contribution in [2.24, 2.45) is 5.14 Å². The number of nitrogens with two attached hydrogens (primary N) is 1. The predicted molar refractivity (Wildman–Crippen MR) is 99.0 cm³/mol. The first-order chi connectivity index (χ1) is 12.3. The Kier molecular flexibility index (Phi) is 3.98. The molecule has 2 aromatic heterocycles. The molecule has 0 aliphatic carbocycles. The second kappa shape index (κ2) is 6.08. The number of anilines is 1. The number of hydrogen-bond acceptors (Lipinski definition) is 5. The fourth-order valence-electron chi connectivity index (χ4n) is 3.19. The summed E-state index contributed by atoms with van der Waals surface area (Å²) in [5.74, 6) is 0. The number of rotatable bonds is 3. The molecule has 0 spiro atoms. The van der Waals surface area contributed by atoms with Crippen molar-refractivity contribution in [1.29, 1.82) is 0 Å². The van der Waals surface area contributed by atoms with Gasteiger partial charge in [0.2, 0.25) is 10.0 Å². The summed E-state index contributed by atoms with van der Waals surface area (Å²) in [6.07, 6.45) is 2.25. The van der Waals surface area contributed by atoms with Crippen LogP contribution in [-0.2, 0) is 23.0 Å². The molecule has 2 N–H and O–H groups in total. The normalized spacial score (nSPS) is 14.0. The average molecular weight is 391 g/mol. The Hall–Kier alpha value is -2.42. The number of pyridine rings is 1. The lowest BCUT2D eigenvalue weighted by molar-refractivity contribution is 0.597. The minimum atomic E-state index is -3.72. The third kappa shape index (κ3) is 3.07. The quantitative estimate of drug-likeness (QED) is 0.731. The number of sulfonamides is 1. The lowest BCUT2D eigenvalue weighted by Crippen LogP contribution is -2.23. The van der Waals surface area contributed by atoms with E-state index in [1.54, 1.807) is 24.3 Å². The molecular formula is C17H15ClN4O3S. The minimum absolute atomic E-state index is 0.108. The van der Waals surface area contributed by atoms with Crippen LogP contribution in [0.25, 0.3) is 5.65 Å². The van der Waals surface area contributed by atoms with Crippen molar-refractivity contribution in [2.45, 2.75) is 17.9 Å². The molecular weight excluding hydrogens is 376 g/mol. The monoisotopic (exact) mass is 390 g/mol. The van der Waals surface area contributed by atoms with Gasteiger partial charge in [0.25, 0.3) is 5.56 Å². The lowest BCUT2D eigenvalue weighted by Gasteiger charge is -2.19. The average Bonchev–Trinajstić information content (AvgIpc) is 2.97. The molecule has 134 valence electrons. The summed E-state index contributed by atoms with van der Waals surface area (Å²) in [6.45, 7) is 1.17. The standard InChI is InChI=1S/C17H15ClN4O3S/c18-12-1-4-16-20-13(8-17(23)22(16)9-12)10-21-6-5-11-7-14(26(19,24)25)2-3-15(11)21/h1-4,7-9H,5-6,10H2,(H2,19,24,25). The summed E-state index contributed by atoms with van der Waals surface area (Å²) >= 11 is 5.92. The summed E-state index contributed by atoms with van der Waals surface area (Å²) in [5.41, 5.74) is 2.81. The minimum Gasteiger partial charge on any atom is -0.365 e. The van der Waals surface area contributed by atoms with Gasteiger partial charge in [-0.25, -0.2) is 18.5 Å². The van der Waals surface area contributed by atoms with Gasteiger partial charge in [0, 0.05) is 24.5 Å². The topological polar surface area (TPSA) is 97.8 Å². The molecule has 0 fully saturated rings. The SMILES string of the molecule is NS(=O)(=O)c1ccc2c(c1)CCN2Cc1cc(=O)n2cc(Cl)ccc2n1. The molecule has 1 aliphatic rings. The van der Waals surface area contributed by atoms with Gasteiger partial charge in [-0.3, -0.25) is 9.20 Å². The van der Waals surface area contributed by atoms with Gasteiger partial charge in [0.15, 0.2) is 0 Å². The molecule has 3 heterocycles. The van der Waals surface area contributed by atoms with Crippen molar-refractivity contribution in [3.05, 3.63) is 69.2 Å². The highest BCUT2D eigenvalue weighted by Gasteiger charge is 2.22. The van der Waals surface area contributed by atoms with Crippen LogP contribution in [-0.4, -0.2) is 24.3 Å². The zero-order chi connectivity index (χ0) is 18.5. The fraction of sp³-hybridized carbons (Fsp3) is 0.176. The number of hydrogen-bond donors (Lipinski definition) is 1. The highest BCUT2D eigenvalue weighted by atomic mass is 35.5. The Bertz CT molecular complexity index is 1190. The first kappa shape index (κ1) is 17.0. The molecule has 1 aliphatic heterocycles. The molecule has 7 nitrogen and oxygen atoms in total. The van der Waals surface area contributed by atoms with Crippen LogP contribution in [0.2, 0.25) is 5.02 Å². The first-order valence-corrected chi connectivity index (χ1v) is 9.82. The van der Waals surface area contributed by atoms with Crippen molar-refractivity contribution in [2.75, 3.05) is 11.4 Å². The molecule has 0 bridgehead atoms. The van der Waals surface area contributed by atoms with Crippen LogP contribution >= 0.6 is 11.6 Å². The van der Waals surface area contributed by atoms with Gasteiger partial charge in [-0.1, -0.05) is 11.6 Å². The van der Waals surface area contributed by atoms with Crippen LogP contribution in [0.15, 0.2) is 52.3 Å². The molecule has 0 atom stereocenters.